The summed E-state index contributed by atoms with van der Waals surface area (Å²) in [5.74, 6) is 0. The zero-order valence-electron chi connectivity index (χ0n) is 12.8. The fourth-order valence-electron chi connectivity index (χ4n) is 3.09. The predicted octanol–water partition coefficient (Wildman–Crippen LogP) is 0.611. The van der Waals surface area contributed by atoms with Gasteiger partial charge in [-0.15, -0.1) is 0 Å². The normalized spacial score (nSPS) is 25.2. The molecular weight excluding hydrogens is 268 g/mol. The van der Waals surface area contributed by atoms with Gasteiger partial charge in [-0.25, -0.2) is 4.68 Å². The Kier molecular flexibility index (Phi) is 3.99. The molecular formula is C15H24N4O2. The van der Waals surface area contributed by atoms with E-state index in [9.17, 15) is 4.79 Å². The Morgan fingerprint density at radius 1 is 1.52 bits per heavy atom. The van der Waals surface area contributed by atoms with Crippen LogP contribution in [0.1, 0.15) is 26.7 Å². The van der Waals surface area contributed by atoms with Crippen LogP contribution in [0.5, 0.6) is 0 Å². The van der Waals surface area contributed by atoms with E-state index in [-0.39, 0.29) is 11.2 Å². The number of aromatic nitrogens is 2. The number of nitrogens with zero attached hydrogens (tertiary/aromatic N) is 3. The molecule has 2 aliphatic heterocycles. The molecule has 0 amide bonds. The average molecular weight is 292 g/mol. The Morgan fingerprint density at radius 3 is 3.05 bits per heavy atom. The van der Waals surface area contributed by atoms with E-state index >= 15 is 0 Å². The standard InChI is InChI=1S/C15H24N4O2/c1-15(2)11-18(6-7-21-15)13-8-14(20)19(17-9-13)10-12-4-3-5-16-12/h8-9,12,16H,3-7,10-11H2,1-2H3. The van der Waals surface area contributed by atoms with Crippen molar-refractivity contribution in [2.45, 2.75) is 44.9 Å². The Morgan fingerprint density at radius 2 is 2.38 bits per heavy atom. The lowest BCUT2D eigenvalue weighted by atomic mass is 10.1. The van der Waals surface area contributed by atoms with Crippen LogP contribution >= 0.6 is 0 Å². The van der Waals surface area contributed by atoms with Gasteiger partial charge in [0.25, 0.3) is 5.56 Å². The molecule has 6 heteroatoms. The van der Waals surface area contributed by atoms with Crippen molar-refractivity contribution in [2.24, 2.45) is 0 Å². The van der Waals surface area contributed by atoms with Gasteiger partial charge >= 0.3 is 0 Å². The molecule has 1 aromatic heterocycles. The fourth-order valence-corrected chi connectivity index (χ4v) is 3.09. The van der Waals surface area contributed by atoms with Crippen molar-refractivity contribution in [1.29, 1.82) is 0 Å². The van der Waals surface area contributed by atoms with Crippen molar-refractivity contribution in [1.82, 2.24) is 15.1 Å². The highest BCUT2D eigenvalue weighted by atomic mass is 16.5. The van der Waals surface area contributed by atoms with Crippen LogP contribution < -0.4 is 15.8 Å². The van der Waals surface area contributed by atoms with E-state index in [2.05, 4.69) is 29.2 Å². The van der Waals surface area contributed by atoms with Gasteiger partial charge in [0.05, 0.1) is 30.6 Å². The van der Waals surface area contributed by atoms with Crippen molar-refractivity contribution < 1.29 is 4.74 Å². The number of morpholine rings is 1. The Labute approximate surface area is 125 Å². The smallest absolute Gasteiger partial charge is 0.268 e. The topological polar surface area (TPSA) is 59.4 Å². The van der Waals surface area contributed by atoms with Gasteiger partial charge < -0.3 is 15.0 Å². The van der Waals surface area contributed by atoms with E-state index in [0.29, 0.717) is 19.2 Å². The lowest BCUT2D eigenvalue weighted by Gasteiger charge is -2.39. The Bertz CT molecular complexity index is 549. The van der Waals surface area contributed by atoms with Gasteiger partial charge in [-0.05, 0) is 33.2 Å². The molecule has 0 aromatic carbocycles. The summed E-state index contributed by atoms with van der Waals surface area (Å²) in [6, 6.07) is 2.08. The molecule has 0 saturated carbocycles. The van der Waals surface area contributed by atoms with E-state index in [4.69, 9.17) is 4.74 Å². The van der Waals surface area contributed by atoms with Crippen molar-refractivity contribution in [2.75, 3.05) is 31.1 Å². The Hall–Kier alpha value is -1.40. The number of anilines is 1. The van der Waals surface area contributed by atoms with Crippen LogP contribution in [0.15, 0.2) is 17.1 Å². The van der Waals surface area contributed by atoms with Gasteiger partial charge in [0, 0.05) is 25.2 Å². The number of rotatable bonds is 3. The average Bonchev–Trinajstić information content (AvgIpc) is 2.93. The molecule has 3 rings (SSSR count). The summed E-state index contributed by atoms with van der Waals surface area (Å²) >= 11 is 0. The van der Waals surface area contributed by atoms with Gasteiger partial charge in [-0.1, -0.05) is 0 Å². The van der Waals surface area contributed by atoms with Crippen LogP contribution in [0.25, 0.3) is 0 Å². The highest BCUT2D eigenvalue weighted by molar-refractivity contribution is 5.43. The summed E-state index contributed by atoms with van der Waals surface area (Å²) < 4.78 is 7.27. The van der Waals surface area contributed by atoms with Crippen LogP contribution in [-0.2, 0) is 11.3 Å². The maximum atomic E-state index is 12.2. The fraction of sp³-hybridized carbons (Fsp3) is 0.733. The van der Waals surface area contributed by atoms with E-state index < -0.39 is 0 Å². The van der Waals surface area contributed by atoms with Gasteiger partial charge in [-0.3, -0.25) is 4.79 Å². The molecule has 1 unspecified atom stereocenters. The summed E-state index contributed by atoms with van der Waals surface area (Å²) in [6.45, 7) is 8.11. The maximum Gasteiger partial charge on any atom is 0.268 e. The minimum Gasteiger partial charge on any atom is -0.372 e. The summed E-state index contributed by atoms with van der Waals surface area (Å²) in [7, 11) is 0. The summed E-state index contributed by atoms with van der Waals surface area (Å²) in [5.41, 5.74) is 0.693. The molecule has 2 saturated heterocycles. The third-order valence-electron chi connectivity index (χ3n) is 4.20. The zero-order chi connectivity index (χ0) is 14.9. The van der Waals surface area contributed by atoms with E-state index in [1.165, 1.54) is 6.42 Å². The molecule has 3 heterocycles. The van der Waals surface area contributed by atoms with Crippen molar-refractivity contribution in [3.8, 4) is 0 Å². The summed E-state index contributed by atoms with van der Waals surface area (Å²) in [5, 5.41) is 7.74. The maximum absolute atomic E-state index is 12.2. The number of nitrogens with one attached hydrogen (secondary N) is 1. The van der Waals surface area contributed by atoms with Gasteiger partial charge in [0.2, 0.25) is 0 Å². The van der Waals surface area contributed by atoms with E-state index in [1.54, 1.807) is 16.9 Å². The van der Waals surface area contributed by atoms with Crippen LogP contribution in [-0.4, -0.2) is 47.7 Å². The first-order chi connectivity index (χ1) is 10.0. The molecule has 0 spiro atoms. The molecule has 0 bridgehead atoms. The minimum atomic E-state index is -0.180. The second kappa shape index (κ2) is 5.77. The molecule has 6 nitrogen and oxygen atoms in total. The SMILES string of the molecule is CC1(C)CN(c2cnn(CC3CCCN3)c(=O)c2)CCO1. The molecule has 0 aliphatic carbocycles. The van der Waals surface area contributed by atoms with E-state index in [0.717, 1.165) is 31.7 Å². The van der Waals surface area contributed by atoms with Gasteiger partial charge in [-0.2, -0.15) is 5.10 Å². The first kappa shape index (κ1) is 14.5. The third kappa shape index (κ3) is 3.44. The second-order valence-corrected chi connectivity index (χ2v) is 6.56. The van der Waals surface area contributed by atoms with Crippen molar-refractivity contribution in [3.63, 3.8) is 0 Å². The van der Waals surface area contributed by atoms with Gasteiger partial charge in [0.1, 0.15) is 0 Å². The molecule has 21 heavy (non-hydrogen) atoms. The van der Waals surface area contributed by atoms with Crippen LogP contribution in [0.3, 0.4) is 0 Å². The molecule has 2 fully saturated rings. The lowest BCUT2D eigenvalue weighted by molar-refractivity contribution is -0.0277. The van der Waals surface area contributed by atoms with Gasteiger partial charge in [0.15, 0.2) is 0 Å². The first-order valence-corrected chi connectivity index (χ1v) is 7.73. The zero-order valence-corrected chi connectivity index (χ0v) is 12.8. The quantitative estimate of drug-likeness (QED) is 0.884. The molecule has 1 aromatic rings. The highest BCUT2D eigenvalue weighted by Gasteiger charge is 2.27. The molecule has 1 atom stereocenters. The number of hydrogen-bond acceptors (Lipinski definition) is 5. The van der Waals surface area contributed by atoms with Crippen molar-refractivity contribution >= 4 is 5.69 Å². The molecule has 0 radical (unpaired) electrons. The second-order valence-electron chi connectivity index (χ2n) is 6.56. The molecule has 2 aliphatic rings. The summed E-state index contributed by atoms with van der Waals surface area (Å²) in [6.07, 6.45) is 4.10. The third-order valence-corrected chi connectivity index (χ3v) is 4.20. The largest absolute Gasteiger partial charge is 0.372 e. The van der Waals surface area contributed by atoms with Crippen LogP contribution in [0.4, 0.5) is 5.69 Å². The first-order valence-electron chi connectivity index (χ1n) is 7.73. The van der Waals surface area contributed by atoms with Crippen LogP contribution in [0.2, 0.25) is 0 Å². The number of hydrogen-bond donors (Lipinski definition) is 1. The molecule has 1 N–H and O–H groups in total. The monoisotopic (exact) mass is 292 g/mol. The minimum absolute atomic E-state index is 0.0227. The van der Waals surface area contributed by atoms with E-state index in [1.807, 2.05) is 0 Å². The Balaban J connectivity index is 1.73. The lowest BCUT2D eigenvalue weighted by Crippen LogP contribution is -2.48. The number of ether oxygens (including phenoxy) is 1. The summed E-state index contributed by atoms with van der Waals surface area (Å²) in [4.78, 5) is 14.4. The predicted molar refractivity (Wildman–Crippen MR) is 81.8 cm³/mol. The highest BCUT2D eigenvalue weighted by Crippen LogP contribution is 2.21. The molecule has 116 valence electrons. The van der Waals surface area contributed by atoms with Crippen LogP contribution in [0, 0.1) is 0 Å². The van der Waals surface area contributed by atoms with Crippen molar-refractivity contribution in [3.05, 3.63) is 22.6 Å².